The summed E-state index contributed by atoms with van der Waals surface area (Å²) < 4.78 is 0. The third-order valence-electron chi connectivity index (χ3n) is 4.88. The fourth-order valence-electron chi connectivity index (χ4n) is 3.57. The van der Waals surface area contributed by atoms with Gasteiger partial charge in [0.25, 0.3) is 5.91 Å². The van der Waals surface area contributed by atoms with Gasteiger partial charge in [0.05, 0.1) is 18.6 Å². The monoisotopic (exact) mass is 376 g/mol. The number of piperazine rings is 1. The molecule has 1 aromatic carbocycles. The van der Waals surface area contributed by atoms with Crippen LogP contribution in [0.3, 0.4) is 0 Å². The Morgan fingerprint density at radius 2 is 2.04 bits per heavy atom. The molecular weight excluding hydrogens is 352 g/mol. The van der Waals surface area contributed by atoms with Gasteiger partial charge >= 0.3 is 0 Å². The average molecular weight is 377 g/mol. The van der Waals surface area contributed by atoms with Gasteiger partial charge in [-0.2, -0.15) is 0 Å². The Kier molecular flexibility index (Phi) is 5.84. The zero-order valence-corrected chi connectivity index (χ0v) is 15.7. The van der Waals surface area contributed by atoms with Crippen molar-refractivity contribution in [2.24, 2.45) is 5.73 Å². The normalized spacial score (nSPS) is 22.4. The molecule has 2 heterocycles. The maximum Gasteiger partial charge on any atom is 0.271 e. The van der Waals surface area contributed by atoms with Crippen molar-refractivity contribution in [3.05, 3.63) is 46.6 Å². The molecular formula is C19H25ClN4O2. The van der Waals surface area contributed by atoms with Gasteiger partial charge in [0, 0.05) is 11.6 Å². The van der Waals surface area contributed by atoms with Crippen LogP contribution in [0, 0.1) is 0 Å². The Balaban J connectivity index is 1.82. The first-order valence-corrected chi connectivity index (χ1v) is 9.47. The lowest BCUT2D eigenvalue weighted by Gasteiger charge is -2.41. The summed E-state index contributed by atoms with van der Waals surface area (Å²) in [6.07, 6.45) is 6.24. The van der Waals surface area contributed by atoms with Crippen LogP contribution in [0.2, 0.25) is 5.02 Å². The molecule has 2 amide bonds. The minimum absolute atomic E-state index is 0.0418. The maximum atomic E-state index is 12.8. The number of nitrogens with zero attached hydrogens (tertiary/aromatic N) is 2. The van der Waals surface area contributed by atoms with Crippen LogP contribution in [0.4, 0.5) is 0 Å². The number of nitrogens with two attached hydrogens (primary N) is 1. The number of primary amides is 1. The predicted octanol–water partition coefficient (Wildman–Crippen LogP) is 2.36. The summed E-state index contributed by atoms with van der Waals surface area (Å²) in [5.74, 6) is -0.639. The number of carbonyl (C=O) groups excluding carboxylic acids is 2. The van der Waals surface area contributed by atoms with Gasteiger partial charge in [0.15, 0.2) is 0 Å². The third-order valence-corrected chi connectivity index (χ3v) is 5.13. The van der Waals surface area contributed by atoms with Gasteiger partial charge in [-0.05, 0) is 30.2 Å². The van der Waals surface area contributed by atoms with Crippen LogP contribution in [0.25, 0.3) is 0 Å². The number of amides is 2. The van der Waals surface area contributed by atoms with Crippen molar-refractivity contribution >= 4 is 23.4 Å². The van der Waals surface area contributed by atoms with Crippen LogP contribution < -0.4 is 11.2 Å². The zero-order chi connectivity index (χ0) is 18.7. The van der Waals surface area contributed by atoms with E-state index in [9.17, 15) is 9.59 Å². The van der Waals surface area contributed by atoms with Crippen molar-refractivity contribution in [1.82, 2.24) is 15.3 Å². The minimum atomic E-state index is -0.486. The van der Waals surface area contributed by atoms with E-state index < -0.39 is 5.91 Å². The lowest BCUT2D eigenvalue weighted by molar-refractivity contribution is -0.138. The Morgan fingerprint density at radius 1 is 1.31 bits per heavy atom. The molecule has 140 valence electrons. The van der Waals surface area contributed by atoms with E-state index >= 15 is 0 Å². The Hall–Kier alpha value is -2.05. The van der Waals surface area contributed by atoms with E-state index in [0.717, 1.165) is 31.2 Å². The first kappa shape index (κ1) is 18.7. The van der Waals surface area contributed by atoms with Gasteiger partial charge in [-0.3, -0.25) is 14.6 Å². The Morgan fingerprint density at radius 3 is 2.69 bits per heavy atom. The van der Waals surface area contributed by atoms with Crippen LogP contribution in [-0.2, 0) is 9.59 Å². The van der Waals surface area contributed by atoms with Crippen molar-refractivity contribution in [3.8, 4) is 0 Å². The second kappa shape index (κ2) is 8.10. The Bertz CT molecular complexity index is 704. The minimum Gasteiger partial charge on any atom is -0.368 e. The highest BCUT2D eigenvalue weighted by Gasteiger charge is 2.40. The molecule has 0 aliphatic carbocycles. The molecule has 0 bridgehead atoms. The van der Waals surface area contributed by atoms with Gasteiger partial charge in [-0.25, -0.2) is 5.43 Å². The number of unbranched alkanes of at least 4 members (excludes halogenated alkanes) is 2. The van der Waals surface area contributed by atoms with E-state index in [2.05, 4.69) is 12.3 Å². The van der Waals surface area contributed by atoms with Crippen LogP contribution in [-0.4, -0.2) is 40.9 Å². The van der Waals surface area contributed by atoms with E-state index in [1.54, 1.807) is 4.90 Å². The number of rotatable bonds is 7. The van der Waals surface area contributed by atoms with Crippen LogP contribution in [0.15, 0.2) is 36.0 Å². The number of fused-ring (bicyclic) bond motifs is 1. The molecule has 6 nitrogen and oxygen atoms in total. The van der Waals surface area contributed by atoms with E-state index in [0.29, 0.717) is 17.3 Å². The molecule has 1 aromatic rings. The largest absolute Gasteiger partial charge is 0.368 e. The Labute approximate surface area is 158 Å². The van der Waals surface area contributed by atoms with Crippen LogP contribution in [0.1, 0.15) is 44.2 Å². The van der Waals surface area contributed by atoms with E-state index in [-0.39, 0.29) is 24.5 Å². The fourth-order valence-corrected chi connectivity index (χ4v) is 3.69. The summed E-state index contributed by atoms with van der Waals surface area (Å²) in [5, 5.41) is 2.66. The van der Waals surface area contributed by atoms with Gasteiger partial charge in [0.1, 0.15) is 5.70 Å². The summed E-state index contributed by atoms with van der Waals surface area (Å²) in [5.41, 5.74) is 10.4. The van der Waals surface area contributed by atoms with Gasteiger partial charge < -0.3 is 10.6 Å². The molecule has 26 heavy (non-hydrogen) atoms. The predicted molar refractivity (Wildman–Crippen MR) is 101 cm³/mol. The van der Waals surface area contributed by atoms with Crippen molar-refractivity contribution in [1.29, 1.82) is 0 Å². The summed E-state index contributed by atoms with van der Waals surface area (Å²) >= 11 is 5.97. The first-order chi connectivity index (χ1) is 12.5. The van der Waals surface area contributed by atoms with Crippen LogP contribution in [0.5, 0.6) is 0 Å². The molecule has 7 heteroatoms. The molecule has 1 fully saturated rings. The van der Waals surface area contributed by atoms with Crippen molar-refractivity contribution in [2.75, 3.05) is 13.1 Å². The lowest BCUT2D eigenvalue weighted by atomic mass is 10.0. The number of benzene rings is 1. The maximum absolute atomic E-state index is 12.8. The highest BCUT2D eigenvalue weighted by molar-refractivity contribution is 6.30. The van der Waals surface area contributed by atoms with Gasteiger partial charge in [-0.15, -0.1) is 0 Å². The summed E-state index contributed by atoms with van der Waals surface area (Å²) in [6.45, 7) is 2.63. The van der Waals surface area contributed by atoms with Crippen molar-refractivity contribution < 1.29 is 9.59 Å². The molecule has 2 atom stereocenters. The topological polar surface area (TPSA) is 78.7 Å². The average Bonchev–Trinajstić information content (AvgIpc) is 3.05. The van der Waals surface area contributed by atoms with E-state index in [1.165, 1.54) is 0 Å². The number of hydrazine groups is 1. The highest BCUT2D eigenvalue weighted by Crippen LogP contribution is 2.32. The third kappa shape index (κ3) is 4.02. The smallest absolute Gasteiger partial charge is 0.271 e. The highest BCUT2D eigenvalue weighted by atomic mass is 35.5. The number of carbonyl (C=O) groups is 2. The van der Waals surface area contributed by atoms with Crippen molar-refractivity contribution in [2.45, 2.75) is 44.7 Å². The van der Waals surface area contributed by atoms with E-state index in [1.807, 2.05) is 35.4 Å². The molecule has 2 aliphatic rings. The lowest BCUT2D eigenvalue weighted by Crippen LogP contribution is -2.58. The quantitative estimate of drug-likeness (QED) is 0.716. The standard InChI is InChI=1S/C19H25ClN4O2/c1-2-3-4-5-15-11-23(12-18(21)25)19(26)17-10-16(22-24(15)17)13-6-8-14(20)9-7-13/h6-10,15-16,22H,2-5,11-12H2,1H3,(H2,21,25). The first-order valence-electron chi connectivity index (χ1n) is 9.10. The van der Waals surface area contributed by atoms with E-state index in [4.69, 9.17) is 17.3 Å². The SMILES string of the molecule is CCCCCC1CN(CC(N)=O)C(=O)C2=CC(c3ccc(Cl)cc3)NN21. The fraction of sp³-hybridized carbons (Fsp3) is 0.474. The molecule has 1 saturated heterocycles. The van der Waals surface area contributed by atoms with Crippen molar-refractivity contribution in [3.63, 3.8) is 0 Å². The van der Waals surface area contributed by atoms with Gasteiger partial charge in [-0.1, -0.05) is 49.9 Å². The zero-order valence-electron chi connectivity index (χ0n) is 15.0. The molecule has 0 spiro atoms. The summed E-state index contributed by atoms with van der Waals surface area (Å²) in [4.78, 5) is 25.7. The molecule has 2 unspecified atom stereocenters. The molecule has 3 N–H and O–H groups in total. The summed E-state index contributed by atoms with van der Waals surface area (Å²) in [6, 6.07) is 7.62. The molecule has 0 aromatic heterocycles. The van der Waals surface area contributed by atoms with Crippen LogP contribution >= 0.6 is 11.6 Å². The van der Waals surface area contributed by atoms with Gasteiger partial charge in [0.2, 0.25) is 5.91 Å². The molecule has 2 aliphatic heterocycles. The number of nitrogens with one attached hydrogen (secondary N) is 1. The molecule has 0 radical (unpaired) electrons. The second-order valence-electron chi connectivity index (χ2n) is 6.88. The number of hydrogen-bond donors (Lipinski definition) is 2. The number of hydrogen-bond acceptors (Lipinski definition) is 4. The number of halogens is 1. The second-order valence-corrected chi connectivity index (χ2v) is 7.32. The molecule has 3 rings (SSSR count). The molecule has 0 saturated carbocycles. The summed E-state index contributed by atoms with van der Waals surface area (Å²) in [7, 11) is 0.